The van der Waals surface area contributed by atoms with Gasteiger partial charge in [-0.15, -0.1) is 10.2 Å². The smallest absolute Gasteiger partial charge is 0.261 e. The van der Waals surface area contributed by atoms with E-state index >= 15 is 0 Å². The Hall–Kier alpha value is -2.43. The molecular weight excluding hydrogens is 428 g/mol. The van der Waals surface area contributed by atoms with E-state index in [1.165, 1.54) is 17.4 Å². The van der Waals surface area contributed by atoms with Gasteiger partial charge in [0.1, 0.15) is 0 Å². The molecule has 3 aromatic rings. The number of hydrogen-bond donors (Lipinski definition) is 2. The van der Waals surface area contributed by atoms with Crippen LogP contribution in [0.3, 0.4) is 0 Å². The zero-order valence-electron chi connectivity index (χ0n) is 16.1. The van der Waals surface area contributed by atoms with Gasteiger partial charge in [-0.2, -0.15) is 0 Å². The van der Waals surface area contributed by atoms with E-state index in [1.807, 2.05) is 13.8 Å². The van der Waals surface area contributed by atoms with Crippen molar-refractivity contribution in [3.63, 3.8) is 0 Å². The number of carbonyl (C=O) groups is 1. The van der Waals surface area contributed by atoms with E-state index in [4.69, 9.17) is 0 Å². The maximum atomic E-state index is 12.7. The van der Waals surface area contributed by atoms with Crippen molar-refractivity contribution in [3.8, 4) is 0 Å². The van der Waals surface area contributed by atoms with E-state index in [9.17, 15) is 13.2 Å². The van der Waals surface area contributed by atoms with Gasteiger partial charge in [0.05, 0.1) is 10.6 Å². The largest absolute Gasteiger partial charge is 0.296 e. The third-order valence-corrected chi connectivity index (χ3v) is 7.21. The molecule has 1 heterocycles. The Balaban J connectivity index is 1.79. The van der Waals surface area contributed by atoms with Gasteiger partial charge in [0, 0.05) is 5.56 Å². The second-order valence-electron chi connectivity index (χ2n) is 6.21. The Bertz CT molecular complexity index is 1130. The van der Waals surface area contributed by atoms with Crippen molar-refractivity contribution in [2.75, 3.05) is 15.8 Å². The number of benzene rings is 2. The quantitative estimate of drug-likeness (QED) is 0.412. The number of hydrogen-bond acceptors (Lipinski definition) is 7. The molecule has 0 saturated carbocycles. The van der Waals surface area contributed by atoms with Gasteiger partial charge in [0.2, 0.25) is 5.13 Å². The van der Waals surface area contributed by atoms with Crippen LogP contribution in [-0.2, 0) is 10.0 Å². The van der Waals surface area contributed by atoms with Crippen LogP contribution in [0.2, 0.25) is 0 Å². The van der Waals surface area contributed by atoms with Crippen molar-refractivity contribution in [1.82, 2.24) is 10.2 Å². The molecule has 1 aromatic heterocycles. The summed E-state index contributed by atoms with van der Waals surface area (Å²) < 4.78 is 28.7. The summed E-state index contributed by atoms with van der Waals surface area (Å²) in [6.45, 7) is 5.67. The van der Waals surface area contributed by atoms with Gasteiger partial charge >= 0.3 is 0 Å². The van der Waals surface area contributed by atoms with Crippen LogP contribution < -0.4 is 10.0 Å². The van der Waals surface area contributed by atoms with Gasteiger partial charge in [-0.05, 0) is 49.4 Å². The van der Waals surface area contributed by atoms with Crippen molar-refractivity contribution < 1.29 is 13.2 Å². The lowest BCUT2D eigenvalue weighted by molar-refractivity contribution is 0.102. The van der Waals surface area contributed by atoms with E-state index in [2.05, 4.69) is 20.2 Å². The molecule has 0 radical (unpaired) electrons. The van der Waals surface area contributed by atoms with Crippen LogP contribution in [0.15, 0.2) is 51.7 Å². The summed E-state index contributed by atoms with van der Waals surface area (Å²) in [6.07, 6.45) is 0. The van der Waals surface area contributed by atoms with E-state index in [0.717, 1.165) is 15.7 Å². The maximum Gasteiger partial charge on any atom is 0.261 e. The number of aromatic nitrogens is 2. The summed E-state index contributed by atoms with van der Waals surface area (Å²) in [5, 5.41) is 11.0. The van der Waals surface area contributed by atoms with Gasteiger partial charge in [-0.25, -0.2) is 8.42 Å². The molecule has 0 atom stereocenters. The number of sulfonamides is 1. The van der Waals surface area contributed by atoms with Crippen LogP contribution in [-0.4, -0.2) is 30.3 Å². The number of thioether (sulfide) groups is 1. The summed E-state index contributed by atoms with van der Waals surface area (Å²) in [5.41, 5.74) is 2.33. The average Bonchev–Trinajstić information content (AvgIpc) is 3.11. The van der Waals surface area contributed by atoms with E-state index in [-0.39, 0.29) is 10.8 Å². The van der Waals surface area contributed by atoms with Gasteiger partial charge in [0.15, 0.2) is 4.34 Å². The number of anilines is 2. The lowest BCUT2D eigenvalue weighted by atomic mass is 10.1. The van der Waals surface area contributed by atoms with Crippen molar-refractivity contribution in [2.24, 2.45) is 0 Å². The Morgan fingerprint density at radius 1 is 1.10 bits per heavy atom. The van der Waals surface area contributed by atoms with Crippen LogP contribution in [0.25, 0.3) is 0 Å². The highest BCUT2D eigenvalue weighted by Gasteiger charge is 2.17. The number of rotatable bonds is 7. The molecule has 10 heteroatoms. The molecule has 0 bridgehead atoms. The van der Waals surface area contributed by atoms with Gasteiger partial charge < -0.3 is 0 Å². The van der Waals surface area contributed by atoms with Crippen LogP contribution in [0.5, 0.6) is 0 Å². The van der Waals surface area contributed by atoms with Crippen molar-refractivity contribution >= 4 is 49.8 Å². The van der Waals surface area contributed by atoms with Crippen molar-refractivity contribution in [1.29, 1.82) is 0 Å². The first-order chi connectivity index (χ1) is 13.8. The molecule has 1 amide bonds. The highest BCUT2D eigenvalue weighted by Crippen LogP contribution is 2.26. The van der Waals surface area contributed by atoms with E-state index in [1.54, 1.807) is 55.1 Å². The molecule has 7 nitrogen and oxygen atoms in total. The molecule has 152 valence electrons. The summed E-state index contributed by atoms with van der Waals surface area (Å²) in [5.74, 6) is 0.482. The minimum absolute atomic E-state index is 0.159. The third kappa shape index (κ3) is 5.34. The molecule has 29 heavy (non-hydrogen) atoms. The molecule has 2 N–H and O–H groups in total. The van der Waals surface area contributed by atoms with Crippen LogP contribution in [0.4, 0.5) is 10.8 Å². The van der Waals surface area contributed by atoms with Gasteiger partial charge in [0.25, 0.3) is 15.9 Å². The SMILES string of the molecule is CCSc1nnc(NC(=O)c2ccc(C)c(NS(=O)(=O)c3ccc(C)cc3)c2)s1. The van der Waals surface area contributed by atoms with Crippen LogP contribution in [0.1, 0.15) is 28.4 Å². The fourth-order valence-electron chi connectivity index (χ4n) is 2.41. The first-order valence-electron chi connectivity index (χ1n) is 8.76. The maximum absolute atomic E-state index is 12.7. The molecule has 0 fully saturated rings. The highest BCUT2D eigenvalue weighted by atomic mass is 32.2. The van der Waals surface area contributed by atoms with Crippen molar-refractivity contribution in [2.45, 2.75) is 30.0 Å². The standard InChI is InChI=1S/C19H20N4O3S3/c1-4-27-19-22-21-18(28-19)20-17(24)14-8-7-13(3)16(11-14)23-29(25,26)15-9-5-12(2)6-10-15/h5-11,23H,4H2,1-3H3,(H,20,21,24). The molecule has 0 unspecified atom stereocenters. The first kappa shape index (κ1) is 21.3. The topological polar surface area (TPSA) is 101 Å². The predicted molar refractivity (Wildman–Crippen MR) is 117 cm³/mol. The Labute approximate surface area is 178 Å². The number of amides is 1. The molecule has 3 rings (SSSR count). The summed E-state index contributed by atoms with van der Waals surface area (Å²) in [6, 6.07) is 11.4. The summed E-state index contributed by atoms with van der Waals surface area (Å²) in [7, 11) is -3.76. The minimum Gasteiger partial charge on any atom is -0.296 e. The number of nitrogens with zero attached hydrogens (tertiary/aromatic N) is 2. The van der Waals surface area contributed by atoms with Gasteiger partial charge in [-0.1, -0.05) is 53.8 Å². The molecule has 0 aliphatic carbocycles. The van der Waals surface area contributed by atoms with Crippen molar-refractivity contribution in [3.05, 3.63) is 59.2 Å². The molecule has 0 spiro atoms. The number of nitrogens with one attached hydrogen (secondary N) is 2. The zero-order chi connectivity index (χ0) is 21.0. The predicted octanol–water partition coefficient (Wildman–Crippen LogP) is 4.32. The summed E-state index contributed by atoms with van der Waals surface area (Å²) >= 11 is 2.84. The third-order valence-electron chi connectivity index (χ3n) is 3.97. The number of carbonyl (C=O) groups excluding carboxylic acids is 1. The fraction of sp³-hybridized carbons (Fsp3) is 0.211. The van der Waals surface area contributed by atoms with Crippen LogP contribution >= 0.6 is 23.1 Å². The molecule has 2 aromatic carbocycles. The first-order valence-corrected chi connectivity index (χ1v) is 12.0. The lowest BCUT2D eigenvalue weighted by Crippen LogP contribution is -2.16. The lowest BCUT2D eigenvalue weighted by Gasteiger charge is -2.12. The summed E-state index contributed by atoms with van der Waals surface area (Å²) in [4.78, 5) is 12.7. The highest BCUT2D eigenvalue weighted by molar-refractivity contribution is 8.01. The second-order valence-corrected chi connectivity index (χ2v) is 10.4. The normalized spacial score (nSPS) is 11.3. The van der Waals surface area contributed by atoms with E-state index < -0.39 is 10.0 Å². The van der Waals surface area contributed by atoms with Gasteiger partial charge in [-0.3, -0.25) is 14.8 Å². The zero-order valence-corrected chi connectivity index (χ0v) is 18.5. The Morgan fingerprint density at radius 2 is 1.83 bits per heavy atom. The Kier molecular flexibility index (Phi) is 6.56. The Morgan fingerprint density at radius 3 is 2.52 bits per heavy atom. The second kappa shape index (κ2) is 8.93. The molecule has 0 saturated heterocycles. The molecular formula is C19H20N4O3S3. The van der Waals surface area contributed by atoms with E-state index in [0.29, 0.717) is 21.9 Å². The minimum atomic E-state index is -3.76. The van der Waals surface area contributed by atoms with Crippen LogP contribution in [0, 0.1) is 13.8 Å². The number of aryl methyl sites for hydroxylation is 2. The monoisotopic (exact) mass is 448 g/mol. The average molecular weight is 449 g/mol. The fourth-order valence-corrected chi connectivity index (χ4v) is 5.17. The molecule has 0 aliphatic heterocycles. The molecule has 0 aliphatic rings.